The summed E-state index contributed by atoms with van der Waals surface area (Å²) in [6.07, 6.45) is 2.56. The molecule has 1 unspecified atom stereocenters. The van der Waals surface area contributed by atoms with Crippen LogP contribution in [-0.4, -0.2) is 33.3 Å². The molecule has 0 spiro atoms. The van der Waals surface area contributed by atoms with Gasteiger partial charge in [-0.05, 0) is 41.5 Å². The van der Waals surface area contributed by atoms with Crippen LogP contribution in [0.2, 0.25) is 0 Å². The summed E-state index contributed by atoms with van der Waals surface area (Å²) in [6.45, 7) is -2.87. The van der Waals surface area contributed by atoms with E-state index >= 15 is 0 Å². The summed E-state index contributed by atoms with van der Waals surface area (Å²) in [6, 6.07) is 16.7. The summed E-state index contributed by atoms with van der Waals surface area (Å²) in [5.74, 6) is 0.452. The second kappa shape index (κ2) is 10.4. The van der Waals surface area contributed by atoms with E-state index in [1.807, 2.05) is 6.07 Å². The van der Waals surface area contributed by atoms with E-state index in [1.165, 1.54) is 6.07 Å². The molecule has 0 aliphatic carbocycles. The largest absolute Gasteiger partial charge is 0.490 e. The van der Waals surface area contributed by atoms with Crippen molar-refractivity contribution < 1.29 is 36.5 Å². The molecule has 0 saturated heterocycles. The Hall–Kier alpha value is -3.47. The topological polar surface area (TPSA) is 108 Å². The quantitative estimate of drug-likeness (QED) is 0.425. The maximum atomic E-state index is 13.1. The van der Waals surface area contributed by atoms with Gasteiger partial charge >= 0.3 is 6.61 Å². The van der Waals surface area contributed by atoms with Crippen molar-refractivity contribution in [3.63, 3.8) is 0 Å². The molecule has 1 heterocycles. The molecule has 4 rings (SSSR count). The number of nitrogens with two attached hydrogens (primary N) is 1. The molecule has 0 amide bonds. The fourth-order valence-electron chi connectivity index (χ4n) is 3.94. The Morgan fingerprint density at radius 3 is 2.63 bits per heavy atom. The average Bonchev–Trinajstić information content (AvgIpc) is 2.80. The molecule has 1 aliphatic heterocycles. The highest BCUT2D eigenvalue weighted by molar-refractivity contribution is 7.88. The van der Waals surface area contributed by atoms with Crippen LogP contribution >= 0.6 is 0 Å². The average molecular weight is 504 g/mol. The fraction of sp³-hybridized carbons (Fsp3) is 0.200. The van der Waals surface area contributed by atoms with Crippen LogP contribution in [0.1, 0.15) is 22.8 Å². The molecule has 0 saturated carbocycles. The fourth-order valence-corrected chi connectivity index (χ4v) is 4.58. The van der Waals surface area contributed by atoms with Crippen molar-refractivity contribution in [1.82, 2.24) is 0 Å². The number of aliphatic hydroxyl groups is 1. The van der Waals surface area contributed by atoms with Gasteiger partial charge in [0.2, 0.25) is 10.0 Å². The summed E-state index contributed by atoms with van der Waals surface area (Å²) in [5, 5.41) is 14.1. The number of rotatable bonds is 9. The Labute approximate surface area is 201 Å². The van der Waals surface area contributed by atoms with E-state index in [1.54, 1.807) is 60.7 Å². The van der Waals surface area contributed by atoms with Crippen LogP contribution < -0.4 is 19.3 Å². The standard InChI is InChI=1S/C25H23F2NO6S/c26-25(27)34-22-8-4-7-21-23(22)19-10-9-16(15-35(28,30)31)13-20(19)24(33-21)17-5-3-6-18(14-17)32-12-2-1-11-29/h1-10,13-14,24-25,29H,11-12,15H2,(H2,28,30,31). The predicted octanol–water partition coefficient (Wildman–Crippen LogP) is 4.15. The Bertz CT molecular complexity index is 1340. The molecule has 0 aromatic heterocycles. The Kier molecular flexibility index (Phi) is 7.34. The first kappa shape index (κ1) is 24.6. The first-order valence-corrected chi connectivity index (χ1v) is 12.3. The van der Waals surface area contributed by atoms with Crippen LogP contribution in [0, 0.1) is 0 Å². The van der Waals surface area contributed by atoms with Crippen molar-refractivity contribution >= 4 is 10.0 Å². The van der Waals surface area contributed by atoms with Gasteiger partial charge in [-0.3, -0.25) is 0 Å². The van der Waals surface area contributed by atoms with Crippen molar-refractivity contribution in [1.29, 1.82) is 0 Å². The lowest BCUT2D eigenvalue weighted by Crippen LogP contribution is -2.18. The minimum Gasteiger partial charge on any atom is -0.490 e. The van der Waals surface area contributed by atoms with Gasteiger partial charge in [-0.15, -0.1) is 0 Å². The number of aliphatic hydroxyl groups excluding tert-OH is 1. The van der Waals surface area contributed by atoms with Crippen molar-refractivity contribution in [2.24, 2.45) is 5.14 Å². The van der Waals surface area contributed by atoms with E-state index in [0.717, 1.165) is 0 Å². The van der Waals surface area contributed by atoms with Gasteiger partial charge in [0.15, 0.2) is 0 Å². The number of sulfonamides is 1. The molecule has 0 radical (unpaired) electrons. The van der Waals surface area contributed by atoms with Gasteiger partial charge in [-0.25, -0.2) is 13.6 Å². The first-order valence-electron chi connectivity index (χ1n) is 10.6. The molecule has 3 aromatic carbocycles. The van der Waals surface area contributed by atoms with Crippen LogP contribution in [0.15, 0.2) is 72.8 Å². The van der Waals surface area contributed by atoms with Crippen LogP contribution in [-0.2, 0) is 15.8 Å². The highest BCUT2D eigenvalue weighted by atomic mass is 32.2. The summed E-state index contributed by atoms with van der Waals surface area (Å²) in [4.78, 5) is 0. The Morgan fingerprint density at radius 1 is 1.09 bits per heavy atom. The smallest absolute Gasteiger partial charge is 0.387 e. The number of primary sulfonamides is 1. The number of ether oxygens (including phenoxy) is 3. The maximum Gasteiger partial charge on any atom is 0.387 e. The van der Waals surface area contributed by atoms with Crippen molar-refractivity contribution in [3.8, 4) is 28.4 Å². The van der Waals surface area contributed by atoms with Gasteiger partial charge in [-0.2, -0.15) is 8.78 Å². The lowest BCUT2D eigenvalue weighted by molar-refractivity contribution is -0.0496. The summed E-state index contributed by atoms with van der Waals surface area (Å²) < 4.78 is 66.2. The normalized spacial score (nSPS) is 14.9. The molecule has 1 aliphatic rings. The SMILES string of the molecule is NS(=O)(=O)Cc1ccc2c(c1)C(c1cccc(OCC=CCO)c1)Oc1cccc(OC(F)F)c1-2. The Morgan fingerprint density at radius 2 is 1.89 bits per heavy atom. The molecule has 7 nitrogen and oxygen atoms in total. The molecule has 35 heavy (non-hydrogen) atoms. The number of halogens is 2. The number of fused-ring (bicyclic) bond motifs is 3. The zero-order valence-corrected chi connectivity index (χ0v) is 19.3. The molecule has 10 heteroatoms. The van der Waals surface area contributed by atoms with Crippen LogP contribution in [0.3, 0.4) is 0 Å². The molecule has 184 valence electrons. The third-order valence-corrected chi connectivity index (χ3v) is 6.00. The van der Waals surface area contributed by atoms with E-state index in [2.05, 4.69) is 0 Å². The molecule has 3 N–H and O–H groups in total. The zero-order chi connectivity index (χ0) is 25.0. The molecule has 1 atom stereocenters. The van der Waals surface area contributed by atoms with E-state index < -0.39 is 28.5 Å². The maximum absolute atomic E-state index is 13.1. The van der Waals surface area contributed by atoms with Gasteiger partial charge in [0.05, 0.1) is 17.9 Å². The van der Waals surface area contributed by atoms with Crippen molar-refractivity contribution in [2.45, 2.75) is 18.5 Å². The van der Waals surface area contributed by atoms with Gasteiger partial charge in [0.1, 0.15) is 30.0 Å². The van der Waals surface area contributed by atoms with Gasteiger partial charge in [0, 0.05) is 11.1 Å². The zero-order valence-electron chi connectivity index (χ0n) is 18.4. The van der Waals surface area contributed by atoms with E-state index in [0.29, 0.717) is 39.3 Å². The lowest BCUT2D eigenvalue weighted by Gasteiger charge is -2.31. The summed E-state index contributed by atoms with van der Waals surface area (Å²) in [7, 11) is -3.80. The van der Waals surface area contributed by atoms with Crippen LogP contribution in [0.25, 0.3) is 11.1 Å². The van der Waals surface area contributed by atoms with Gasteiger partial charge in [-0.1, -0.05) is 42.5 Å². The van der Waals surface area contributed by atoms with E-state index in [-0.39, 0.29) is 19.0 Å². The monoisotopic (exact) mass is 503 g/mol. The highest BCUT2D eigenvalue weighted by Gasteiger charge is 2.31. The molecular weight excluding hydrogens is 480 g/mol. The molecule has 0 bridgehead atoms. The molecular formula is C25H23F2NO6S. The number of benzene rings is 3. The number of hydrogen-bond acceptors (Lipinski definition) is 6. The lowest BCUT2D eigenvalue weighted by atomic mass is 9.88. The van der Waals surface area contributed by atoms with E-state index in [4.69, 9.17) is 24.5 Å². The second-order valence-corrected chi connectivity index (χ2v) is 9.39. The van der Waals surface area contributed by atoms with Crippen molar-refractivity contribution in [2.75, 3.05) is 13.2 Å². The van der Waals surface area contributed by atoms with Crippen LogP contribution in [0.4, 0.5) is 8.78 Å². The number of hydrogen-bond donors (Lipinski definition) is 2. The Balaban J connectivity index is 1.80. The van der Waals surface area contributed by atoms with Gasteiger partial charge < -0.3 is 19.3 Å². The minimum atomic E-state index is -3.80. The minimum absolute atomic E-state index is 0.0517. The predicted molar refractivity (Wildman–Crippen MR) is 126 cm³/mol. The molecule has 0 fully saturated rings. The third-order valence-electron chi connectivity index (χ3n) is 5.26. The van der Waals surface area contributed by atoms with Crippen LogP contribution in [0.5, 0.6) is 17.2 Å². The third kappa shape index (κ3) is 5.97. The van der Waals surface area contributed by atoms with E-state index in [9.17, 15) is 17.2 Å². The first-order chi connectivity index (χ1) is 16.7. The number of alkyl halides is 2. The van der Waals surface area contributed by atoms with Gasteiger partial charge in [0.25, 0.3) is 0 Å². The molecule has 3 aromatic rings. The summed E-state index contributed by atoms with van der Waals surface area (Å²) in [5.41, 5.74) is 2.62. The summed E-state index contributed by atoms with van der Waals surface area (Å²) >= 11 is 0. The van der Waals surface area contributed by atoms with Crippen molar-refractivity contribution in [3.05, 3.63) is 89.5 Å². The highest BCUT2D eigenvalue weighted by Crippen LogP contribution is 2.49. The second-order valence-electron chi connectivity index (χ2n) is 7.77.